The molecule has 4 rings (SSSR count). The van der Waals surface area contributed by atoms with E-state index in [1.165, 1.54) is 0 Å². The van der Waals surface area contributed by atoms with Crippen molar-refractivity contribution in [3.05, 3.63) is 73.5 Å². The van der Waals surface area contributed by atoms with Gasteiger partial charge in [-0.3, -0.25) is 4.79 Å². The van der Waals surface area contributed by atoms with Gasteiger partial charge >= 0.3 is 5.97 Å². The predicted molar refractivity (Wildman–Crippen MR) is 130 cm³/mol. The van der Waals surface area contributed by atoms with Crippen LogP contribution in [0.5, 0.6) is 11.5 Å². The van der Waals surface area contributed by atoms with Crippen molar-refractivity contribution in [1.82, 2.24) is 5.32 Å². The van der Waals surface area contributed by atoms with Crippen LogP contribution in [0, 0.1) is 3.57 Å². The molecule has 0 spiro atoms. The summed E-state index contributed by atoms with van der Waals surface area (Å²) in [6.07, 6.45) is 0. The molecule has 7 heteroatoms. The number of rotatable bonds is 6. The van der Waals surface area contributed by atoms with Crippen LogP contribution in [0.4, 0.5) is 0 Å². The van der Waals surface area contributed by atoms with E-state index < -0.39 is 11.9 Å². The summed E-state index contributed by atoms with van der Waals surface area (Å²) < 4.78 is 17.6. The van der Waals surface area contributed by atoms with Gasteiger partial charge in [0.2, 0.25) is 0 Å². The van der Waals surface area contributed by atoms with Crippen LogP contribution in [0.3, 0.4) is 0 Å². The molecular weight excluding hydrogens is 521 g/mol. The number of dihydropyridines is 1. The number of allylic oxidation sites excluding steroid dienone is 2. The fourth-order valence-electron chi connectivity index (χ4n) is 4.33. The Kier molecular flexibility index (Phi) is 6.28. The third-order valence-corrected chi connectivity index (χ3v) is 6.42. The third-order valence-electron chi connectivity index (χ3n) is 5.62. The first-order chi connectivity index (χ1) is 15.4. The molecule has 0 saturated carbocycles. The van der Waals surface area contributed by atoms with Gasteiger partial charge in [-0.25, -0.2) is 4.79 Å². The van der Waals surface area contributed by atoms with Crippen LogP contribution < -0.4 is 14.8 Å². The van der Waals surface area contributed by atoms with Crippen LogP contribution in [0.25, 0.3) is 5.70 Å². The Hall–Kier alpha value is -2.81. The number of hydrogen-bond donors (Lipinski definition) is 1. The number of halogens is 1. The topological polar surface area (TPSA) is 73.9 Å². The molecule has 0 amide bonds. The average Bonchev–Trinajstić information content (AvgIpc) is 3.06. The average molecular weight is 545 g/mol. The van der Waals surface area contributed by atoms with Gasteiger partial charge in [0.15, 0.2) is 17.3 Å². The molecule has 2 aromatic rings. The summed E-state index contributed by atoms with van der Waals surface area (Å²) in [6.45, 7) is 6.25. The van der Waals surface area contributed by atoms with Crippen molar-refractivity contribution in [1.29, 1.82) is 0 Å². The molecule has 2 aliphatic rings. The first-order valence-corrected chi connectivity index (χ1v) is 11.5. The van der Waals surface area contributed by atoms with E-state index in [0.717, 1.165) is 20.4 Å². The van der Waals surface area contributed by atoms with Crippen molar-refractivity contribution >= 4 is 40.0 Å². The summed E-state index contributed by atoms with van der Waals surface area (Å²) >= 11 is 2.19. The highest BCUT2D eigenvalue weighted by atomic mass is 127. The van der Waals surface area contributed by atoms with Crippen LogP contribution in [-0.4, -0.2) is 32.1 Å². The highest BCUT2D eigenvalue weighted by molar-refractivity contribution is 14.1. The van der Waals surface area contributed by atoms with E-state index in [2.05, 4.69) is 27.9 Å². The van der Waals surface area contributed by atoms with Crippen LogP contribution >= 0.6 is 22.6 Å². The van der Waals surface area contributed by atoms with Crippen LogP contribution in [-0.2, 0) is 9.53 Å². The van der Waals surface area contributed by atoms with E-state index in [9.17, 15) is 9.59 Å². The number of Topliss-reactive ketones (excluding diaryl/α,β-unsaturated/α-hetero) is 1. The first kappa shape index (κ1) is 22.4. The summed E-state index contributed by atoms with van der Waals surface area (Å²) in [4.78, 5) is 26.6. The molecule has 1 atom stereocenters. The Balaban J connectivity index is 1.95. The largest absolute Gasteiger partial charge is 0.493 e. The molecule has 0 fully saturated rings. The van der Waals surface area contributed by atoms with Gasteiger partial charge in [0.25, 0.3) is 0 Å². The standard InChI is InChI=1S/C25H24INO5/c1-5-31-24-17(26)11-14(12-18(24)30-4)20-19(25(29)32-6-2)13(3)27-22-15-9-7-8-10-16(15)23(28)21(20)22/h7-12,20,27H,5-6H2,1-4H3/t20-/m1/s1. The number of hydrogen-bond acceptors (Lipinski definition) is 6. The fraction of sp³-hybridized carbons (Fsp3) is 0.280. The summed E-state index contributed by atoms with van der Waals surface area (Å²) in [5, 5.41) is 3.31. The summed E-state index contributed by atoms with van der Waals surface area (Å²) in [6, 6.07) is 11.3. The molecule has 166 valence electrons. The monoisotopic (exact) mass is 545 g/mol. The van der Waals surface area contributed by atoms with Gasteiger partial charge in [-0.15, -0.1) is 0 Å². The number of carbonyl (C=O) groups is 2. The second-order valence-corrected chi connectivity index (χ2v) is 8.61. The zero-order chi connectivity index (χ0) is 23.0. The number of nitrogens with one attached hydrogen (secondary N) is 1. The van der Waals surface area contributed by atoms with Gasteiger partial charge in [0, 0.05) is 28.3 Å². The predicted octanol–water partition coefficient (Wildman–Crippen LogP) is 4.83. The highest BCUT2D eigenvalue weighted by Crippen LogP contribution is 2.48. The maximum atomic E-state index is 13.5. The van der Waals surface area contributed by atoms with E-state index >= 15 is 0 Å². The number of benzene rings is 2. The molecule has 1 aliphatic heterocycles. The van der Waals surface area contributed by atoms with Crippen molar-refractivity contribution in [2.24, 2.45) is 0 Å². The number of ether oxygens (including phenoxy) is 3. The second kappa shape index (κ2) is 8.97. The van der Waals surface area contributed by atoms with E-state index in [-0.39, 0.29) is 12.4 Å². The quantitative estimate of drug-likeness (QED) is 0.414. The van der Waals surface area contributed by atoms with Crippen LogP contribution in [0.2, 0.25) is 0 Å². The Morgan fingerprint density at radius 3 is 2.50 bits per heavy atom. The van der Waals surface area contributed by atoms with Crippen LogP contribution in [0.15, 0.2) is 53.2 Å². The minimum atomic E-state index is -0.594. The fourth-order valence-corrected chi connectivity index (χ4v) is 5.11. The molecule has 1 N–H and O–H groups in total. The van der Waals surface area contributed by atoms with Crippen molar-refractivity contribution in [2.75, 3.05) is 20.3 Å². The lowest BCUT2D eigenvalue weighted by atomic mass is 9.79. The molecule has 0 bridgehead atoms. The Morgan fingerprint density at radius 1 is 1.12 bits per heavy atom. The Morgan fingerprint density at radius 2 is 1.84 bits per heavy atom. The Labute approximate surface area is 200 Å². The van der Waals surface area contributed by atoms with Crippen LogP contribution in [0.1, 0.15) is 48.2 Å². The molecular formula is C25H24INO5. The van der Waals surface area contributed by atoms with Gasteiger partial charge in [-0.2, -0.15) is 0 Å². The minimum absolute atomic E-state index is 0.0924. The first-order valence-electron chi connectivity index (χ1n) is 10.5. The zero-order valence-corrected chi connectivity index (χ0v) is 20.5. The lowest BCUT2D eigenvalue weighted by Crippen LogP contribution is -2.29. The van der Waals surface area contributed by atoms with Crippen molar-refractivity contribution in [3.8, 4) is 11.5 Å². The summed E-state index contributed by atoms with van der Waals surface area (Å²) in [5.41, 5.74) is 4.61. The normalized spacial score (nSPS) is 17.0. The smallest absolute Gasteiger partial charge is 0.336 e. The molecule has 0 aromatic heterocycles. The molecule has 2 aromatic carbocycles. The molecule has 6 nitrogen and oxygen atoms in total. The maximum Gasteiger partial charge on any atom is 0.336 e. The number of esters is 1. The van der Waals surface area contributed by atoms with Gasteiger partial charge in [-0.1, -0.05) is 24.3 Å². The zero-order valence-electron chi connectivity index (χ0n) is 18.4. The molecule has 0 saturated heterocycles. The van der Waals surface area contributed by atoms with Gasteiger partial charge < -0.3 is 19.5 Å². The number of methoxy groups -OCH3 is 1. The molecule has 1 heterocycles. The van der Waals surface area contributed by atoms with E-state index in [0.29, 0.717) is 40.5 Å². The van der Waals surface area contributed by atoms with Crippen molar-refractivity contribution in [2.45, 2.75) is 26.7 Å². The van der Waals surface area contributed by atoms with E-state index in [4.69, 9.17) is 14.2 Å². The van der Waals surface area contributed by atoms with E-state index in [1.54, 1.807) is 14.0 Å². The molecule has 32 heavy (non-hydrogen) atoms. The second-order valence-electron chi connectivity index (χ2n) is 7.45. The van der Waals surface area contributed by atoms with E-state index in [1.807, 2.05) is 50.2 Å². The molecule has 1 aliphatic carbocycles. The number of carbonyl (C=O) groups excluding carboxylic acids is 2. The Bertz CT molecular complexity index is 1180. The van der Waals surface area contributed by atoms with Gasteiger partial charge in [0.1, 0.15) is 0 Å². The van der Waals surface area contributed by atoms with Gasteiger partial charge in [0.05, 0.1) is 35.2 Å². The minimum Gasteiger partial charge on any atom is -0.493 e. The van der Waals surface area contributed by atoms with Crippen molar-refractivity contribution < 1.29 is 23.8 Å². The number of fused-ring (bicyclic) bond motifs is 2. The van der Waals surface area contributed by atoms with Crippen molar-refractivity contribution in [3.63, 3.8) is 0 Å². The molecule has 0 radical (unpaired) electrons. The SMILES string of the molecule is CCOC(=O)C1=C(C)NC2=C(C(=O)c3ccccc32)[C@@H]1c1cc(I)c(OCC)c(OC)c1. The van der Waals surface area contributed by atoms with Gasteiger partial charge in [-0.05, 0) is 61.1 Å². The lowest BCUT2D eigenvalue weighted by Gasteiger charge is -2.29. The number of ketones is 1. The highest BCUT2D eigenvalue weighted by Gasteiger charge is 2.43. The third kappa shape index (κ3) is 3.58. The maximum absolute atomic E-state index is 13.5. The summed E-state index contributed by atoms with van der Waals surface area (Å²) in [5.74, 6) is 0.0642. The summed E-state index contributed by atoms with van der Waals surface area (Å²) in [7, 11) is 1.58. The lowest BCUT2D eigenvalue weighted by molar-refractivity contribution is -0.138. The molecule has 0 unspecified atom stereocenters.